The van der Waals surface area contributed by atoms with Gasteiger partial charge in [0.25, 0.3) is 0 Å². The van der Waals surface area contributed by atoms with Crippen LogP contribution >= 0.6 is 103 Å². The highest BCUT2D eigenvalue weighted by atomic mass is 79.9. The van der Waals surface area contributed by atoms with Crippen molar-refractivity contribution in [1.82, 2.24) is 0 Å². The minimum atomic E-state index is -2.18. The van der Waals surface area contributed by atoms with E-state index in [-0.39, 0.29) is 0 Å². The summed E-state index contributed by atoms with van der Waals surface area (Å²) in [6.45, 7) is 0. The Morgan fingerprint density at radius 3 is 1.10 bits per heavy atom. The first-order valence-electron chi connectivity index (χ1n) is 5.15. The van der Waals surface area contributed by atoms with Gasteiger partial charge < -0.3 is 4.57 Å². The summed E-state index contributed by atoms with van der Waals surface area (Å²) in [6.07, 6.45) is 0. The summed E-state index contributed by atoms with van der Waals surface area (Å²) in [7, 11) is -2.18. The van der Waals surface area contributed by atoms with Crippen LogP contribution in [0.1, 0.15) is 0 Å². The number of halogens is 6. The monoisotopic (exact) mass is 670 g/mol. The SMILES string of the molecule is O=[PH](c1c(Br)cc(Br)cc1Br)c1c(Br)cc(Br)cc1Br. The van der Waals surface area contributed by atoms with E-state index in [1.807, 2.05) is 24.3 Å². The van der Waals surface area contributed by atoms with Gasteiger partial charge in [0, 0.05) is 37.4 Å². The van der Waals surface area contributed by atoms with Gasteiger partial charge in [-0.3, -0.25) is 0 Å². The summed E-state index contributed by atoms with van der Waals surface area (Å²) in [5, 5.41) is 1.53. The molecule has 0 amide bonds. The molecular weight excluding hydrogens is 671 g/mol. The minimum Gasteiger partial charge on any atom is -0.317 e. The summed E-state index contributed by atoms with van der Waals surface area (Å²) in [5.41, 5.74) is 0. The van der Waals surface area contributed by atoms with Crippen LogP contribution in [-0.4, -0.2) is 0 Å². The molecule has 0 unspecified atom stereocenters. The molecule has 2 aromatic rings. The lowest BCUT2D eigenvalue weighted by atomic mass is 10.4. The van der Waals surface area contributed by atoms with E-state index in [1.165, 1.54) is 0 Å². The average molecular weight is 676 g/mol. The Morgan fingerprint density at radius 2 is 0.850 bits per heavy atom. The lowest BCUT2D eigenvalue weighted by Crippen LogP contribution is -2.12. The Balaban J connectivity index is 2.64. The van der Waals surface area contributed by atoms with Crippen molar-refractivity contribution >= 4 is 114 Å². The van der Waals surface area contributed by atoms with Crippen molar-refractivity contribution in [2.75, 3.05) is 0 Å². The molecule has 0 heterocycles. The van der Waals surface area contributed by atoms with Gasteiger partial charge in [0.05, 0.1) is 0 Å². The van der Waals surface area contributed by atoms with Crippen LogP contribution in [0, 0.1) is 0 Å². The molecule has 106 valence electrons. The van der Waals surface area contributed by atoms with Crippen LogP contribution in [0.15, 0.2) is 51.1 Å². The third kappa shape index (κ3) is 3.90. The molecule has 0 saturated heterocycles. The quantitative estimate of drug-likeness (QED) is 0.322. The number of hydrogen-bond donors (Lipinski definition) is 0. The van der Waals surface area contributed by atoms with Crippen molar-refractivity contribution in [3.63, 3.8) is 0 Å². The fraction of sp³-hybridized carbons (Fsp3) is 0. The second-order valence-corrected chi connectivity index (χ2v) is 10.7. The maximum atomic E-state index is 13.0. The molecule has 0 aliphatic heterocycles. The number of hydrogen-bond acceptors (Lipinski definition) is 1. The van der Waals surface area contributed by atoms with Gasteiger partial charge in [0.1, 0.15) is 7.80 Å². The van der Waals surface area contributed by atoms with Crippen molar-refractivity contribution in [3.05, 3.63) is 51.1 Å². The molecule has 0 fully saturated rings. The molecule has 1 nitrogen and oxygen atoms in total. The molecule has 0 saturated carbocycles. The van der Waals surface area contributed by atoms with Crippen LogP contribution in [0.4, 0.5) is 0 Å². The standard InChI is InChI=1S/C12H5Br6OP/c13-5-1-7(15)11(8(16)2-5)20(19)12-9(17)3-6(14)4-10(12)18/h1-4,20H. The molecule has 2 aromatic carbocycles. The molecule has 0 radical (unpaired) electrons. The van der Waals surface area contributed by atoms with E-state index in [4.69, 9.17) is 0 Å². The summed E-state index contributed by atoms with van der Waals surface area (Å²) < 4.78 is 18.1. The van der Waals surface area contributed by atoms with Gasteiger partial charge in [-0.05, 0) is 88.0 Å². The van der Waals surface area contributed by atoms with Gasteiger partial charge in [-0.2, -0.15) is 0 Å². The van der Waals surface area contributed by atoms with Gasteiger partial charge in [-0.25, -0.2) is 0 Å². The van der Waals surface area contributed by atoms with Crippen LogP contribution in [0.5, 0.6) is 0 Å². The average Bonchev–Trinajstić information content (AvgIpc) is 2.25. The van der Waals surface area contributed by atoms with Crippen LogP contribution in [0.3, 0.4) is 0 Å². The molecule has 0 N–H and O–H groups in total. The Kier molecular flexibility index (Phi) is 6.63. The van der Waals surface area contributed by atoms with Crippen LogP contribution in [-0.2, 0) is 4.57 Å². The summed E-state index contributed by atoms with van der Waals surface area (Å²) in [6, 6.07) is 7.57. The fourth-order valence-electron chi connectivity index (χ4n) is 1.64. The predicted octanol–water partition coefficient (Wildman–Crippen LogP) is 6.77. The van der Waals surface area contributed by atoms with E-state index >= 15 is 0 Å². The first-order chi connectivity index (χ1) is 9.31. The van der Waals surface area contributed by atoms with E-state index < -0.39 is 7.80 Å². The fourth-order valence-corrected chi connectivity index (χ4v) is 9.73. The van der Waals surface area contributed by atoms with Gasteiger partial charge in [0.2, 0.25) is 0 Å². The Hall–Kier alpha value is 1.55. The molecule has 0 aliphatic carbocycles. The van der Waals surface area contributed by atoms with E-state index in [0.717, 1.165) is 37.4 Å². The van der Waals surface area contributed by atoms with Crippen LogP contribution in [0.2, 0.25) is 0 Å². The smallest absolute Gasteiger partial charge is 0.136 e. The molecule has 0 atom stereocenters. The summed E-state index contributed by atoms with van der Waals surface area (Å²) >= 11 is 20.8. The maximum absolute atomic E-state index is 13.0. The largest absolute Gasteiger partial charge is 0.317 e. The van der Waals surface area contributed by atoms with Gasteiger partial charge >= 0.3 is 0 Å². The van der Waals surface area contributed by atoms with Crippen molar-refractivity contribution in [2.45, 2.75) is 0 Å². The second-order valence-electron chi connectivity index (χ2n) is 3.82. The van der Waals surface area contributed by atoms with E-state index in [1.54, 1.807) is 0 Å². The molecule has 8 heteroatoms. The van der Waals surface area contributed by atoms with Gasteiger partial charge in [-0.15, -0.1) is 0 Å². The topological polar surface area (TPSA) is 17.1 Å². The second kappa shape index (κ2) is 7.41. The molecule has 0 aliphatic rings. The molecule has 0 aromatic heterocycles. The normalized spacial score (nSPS) is 11.2. The highest BCUT2D eigenvalue weighted by Crippen LogP contribution is 2.37. The number of benzene rings is 2. The van der Waals surface area contributed by atoms with E-state index in [2.05, 4.69) is 95.6 Å². The predicted molar refractivity (Wildman–Crippen MR) is 107 cm³/mol. The minimum absolute atomic E-state index is 0.766. The van der Waals surface area contributed by atoms with Crippen molar-refractivity contribution in [1.29, 1.82) is 0 Å². The van der Waals surface area contributed by atoms with Crippen LogP contribution in [0.25, 0.3) is 0 Å². The lowest BCUT2D eigenvalue weighted by Gasteiger charge is -2.12. The zero-order valence-electron chi connectivity index (χ0n) is 9.49. The molecule has 20 heavy (non-hydrogen) atoms. The molecule has 0 spiro atoms. The van der Waals surface area contributed by atoms with Crippen molar-refractivity contribution in [2.24, 2.45) is 0 Å². The van der Waals surface area contributed by atoms with E-state index in [0.29, 0.717) is 0 Å². The van der Waals surface area contributed by atoms with Crippen molar-refractivity contribution < 1.29 is 4.57 Å². The Bertz CT molecular complexity index is 610. The Morgan fingerprint density at radius 1 is 0.600 bits per heavy atom. The zero-order valence-corrected chi connectivity index (χ0v) is 20.0. The molecule has 2 rings (SSSR count). The number of rotatable bonds is 2. The highest BCUT2D eigenvalue weighted by molar-refractivity contribution is 9.12. The first-order valence-corrected chi connectivity index (χ1v) is 11.3. The third-order valence-electron chi connectivity index (χ3n) is 2.47. The summed E-state index contributed by atoms with van der Waals surface area (Å²) in [4.78, 5) is 0. The van der Waals surface area contributed by atoms with Gasteiger partial charge in [0.15, 0.2) is 0 Å². The van der Waals surface area contributed by atoms with Crippen LogP contribution < -0.4 is 10.6 Å². The van der Waals surface area contributed by atoms with Gasteiger partial charge in [-0.1, -0.05) is 31.9 Å². The Labute approximate surface area is 167 Å². The maximum Gasteiger partial charge on any atom is 0.136 e. The first kappa shape index (κ1) is 17.9. The third-order valence-corrected chi connectivity index (χ3v) is 9.33. The van der Waals surface area contributed by atoms with Crippen molar-refractivity contribution in [3.8, 4) is 0 Å². The summed E-state index contributed by atoms with van der Waals surface area (Å²) in [5.74, 6) is 0. The van der Waals surface area contributed by atoms with E-state index in [9.17, 15) is 4.57 Å². The molecule has 0 bridgehead atoms. The lowest BCUT2D eigenvalue weighted by molar-refractivity contribution is 0.598. The molecular formula is C12H5Br6OP. The zero-order chi connectivity index (χ0) is 15.0. The highest BCUT2D eigenvalue weighted by Gasteiger charge is 2.20.